The second-order valence-corrected chi connectivity index (χ2v) is 13.5. The van der Waals surface area contributed by atoms with Gasteiger partial charge in [0, 0.05) is 63.0 Å². The summed E-state index contributed by atoms with van der Waals surface area (Å²) in [5.74, 6) is 0.658. The van der Waals surface area contributed by atoms with E-state index in [0.717, 1.165) is 98.8 Å². The molecule has 11 aromatic rings. The predicted octanol–water partition coefficient (Wildman–Crippen LogP) is 11.6. The number of fused-ring (bicyclic) bond motifs is 12. The van der Waals surface area contributed by atoms with E-state index in [1.54, 1.807) is 24.8 Å². The van der Waals surface area contributed by atoms with Crippen molar-refractivity contribution in [1.29, 1.82) is 0 Å². The van der Waals surface area contributed by atoms with Crippen LogP contribution in [0, 0.1) is 0 Å². The Kier molecular flexibility index (Phi) is 6.75. The molecule has 3 aromatic heterocycles. The lowest BCUT2D eigenvalue weighted by Gasteiger charge is -2.13. The van der Waals surface area contributed by atoms with E-state index >= 15 is 0 Å². The van der Waals surface area contributed by atoms with Crippen LogP contribution in [0.2, 0.25) is 0 Å². The summed E-state index contributed by atoms with van der Waals surface area (Å²) in [5.41, 5.74) is 10.5. The van der Waals surface area contributed by atoms with E-state index in [-0.39, 0.29) is 0 Å². The third-order valence-corrected chi connectivity index (χ3v) is 10.5. The first-order chi connectivity index (χ1) is 26.8. The minimum atomic E-state index is 0.658. The number of aromatic nitrogens is 6. The number of benzene rings is 8. The highest BCUT2D eigenvalue weighted by molar-refractivity contribution is 6.24. The number of rotatable bonds is 4. The fourth-order valence-electron chi connectivity index (χ4n) is 7.89. The second-order valence-electron chi connectivity index (χ2n) is 13.5. The quantitative estimate of drug-likeness (QED) is 0.171. The third-order valence-electron chi connectivity index (χ3n) is 10.5. The molecule has 3 heterocycles. The Bertz CT molecular complexity index is 3020. The van der Waals surface area contributed by atoms with Crippen molar-refractivity contribution >= 4 is 65.2 Å². The molecule has 0 N–H and O–H groups in total. The molecule has 0 atom stereocenters. The Hall–Kier alpha value is -7.44. The van der Waals surface area contributed by atoms with Crippen LogP contribution in [0.15, 0.2) is 170 Å². The highest BCUT2D eigenvalue weighted by Gasteiger charge is 2.17. The highest BCUT2D eigenvalue weighted by atomic mass is 14.9. The number of nitrogens with zero attached hydrogens (tertiary/aromatic N) is 6. The normalized spacial score (nSPS) is 11.7. The summed E-state index contributed by atoms with van der Waals surface area (Å²) in [6.07, 6.45) is 7.05. The van der Waals surface area contributed by atoms with Gasteiger partial charge in [0.15, 0.2) is 5.82 Å². The van der Waals surface area contributed by atoms with E-state index in [1.165, 1.54) is 5.56 Å². The van der Waals surface area contributed by atoms with Gasteiger partial charge in [-0.2, -0.15) is 0 Å². The van der Waals surface area contributed by atoms with Crippen molar-refractivity contribution in [1.82, 2.24) is 29.9 Å². The van der Waals surface area contributed by atoms with Crippen LogP contribution in [0.5, 0.6) is 0 Å². The van der Waals surface area contributed by atoms with Crippen molar-refractivity contribution in [3.63, 3.8) is 0 Å². The van der Waals surface area contributed by atoms with E-state index < -0.39 is 0 Å². The van der Waals surface area contributed by atoms with Crippen molar-refractivity contribution < 1.29 is 0 Å². The molecule has 6 nitrogen and oxygen atoms in total. The maximum Gasteiger partial charge on any atom is 0.160 e. The Morgan fingerprint density at radius 2 is 0.630 bits per heavy atom. The summed E-state index contributed by atoms with van der Waals surface area (Å²) in [6.45, 7) is 0. The first-order valence-electron chi connectivity index (χ1n) is 17.9. The molecule has 0 radical (unpaired) electrons. The van der Waals surface area contributed by atoms with Gasteiger partial charge in [0.2, 0.25) is 0 Å². The Balaban J connectivity index is 1.14. The lowest BCUT2D eigenvalue weighted by Crippen LogP contribution is -1.97. The molecule has 0 saturated carbocycles. The van der Waals surface area contributed by atoms with Crippen molar-refractivity contribution in [3.05, 3.63) is 170 Å². The predicted molar refractivity (Wildman–Crippen MR) is 220 cm³/mol. The Morgan fingerprint density at radius 3 is 1.11 bits per heavy atom. The van der Waals surface area contributed by atoms with Gasteiger partial charge >= 0.3 is 0 Å². The maximum absolute atomic E-state index is 5.25. The summed E-state index contributed by atoms with van der Waals surface area (Å²) in [7, 11) is 0. The van der Waals surface area contributed by atoms with Gasteiger partial charge in [-0.3, -0.25) is 19.9 Å². The van der Waals surface area contributed by atoms with Crippen molar-refractivity contribution in [2.45, 2.75) is 0 Å². The maximum atomic E-state index is 5.25. The molecule has 0 aliphatic carbocycles. The summed E-state index contributed by atoms with van der Waals surface area (Å²) in [4.78, 5) is 29.5. The monoisotopic (exact) mass is 688 g/mol. The van der Waals surface area contributed by atoms with Gasteiger partial charge < -0.3 is 0 Å². The van der Waals surface area contributed by atoms with Crippen molar-refractivity contribution in [2.24, 2.45) is 0 Å². The van der Waals surface area contributed by atoms with Gasteiger partial charge in [-0.15, -0.1) is 0 Å². The van der Waals surface area contributed by atoms with Crippen molar-refractivity contribution in [2.75, 3.05) is 0 Å². The molecule has 0 aliphatic heterocycles. The summed E-state index contributed by atoms with van der Waals surface area (Å²) < 4.78 is 0. The average Bonchev–Trinajstić information content (AvgIpc) is 3.26. The van der Waals surface area contributed by atoms with Crippen molar-refractivity contribution in [3.8, 4) is 45.0 Å². The van der Waals surface area contributed by atoms with Gasteiger partial charge in [0.25, 0.3) is 0 Å². The lowest BCUT2D eigenvalue weighted by atomic mass is 9.95. The Labute approximate surface area is 309 Å². The van der Waals surface area contributed by atoms with E-state index in [4.69, 9.17) is 29.9 Å². The first-order valence-corrected chi connectivity index (χ1v) is 17.9. The standard InChI is InChI=1S/C48H28N6/c1-2-8-29(9-3-1)30-14-16-31(17-15-30)48-53-42(32-18-20-38-40(26-32)34-10-4-6-12-36(34)44-46(38)51-24-22-49-44)28-43(54-48)33-19-21-39-41(27-33)35-11-5-7-13-37(35)45-47(39)52-25-23-50-45/h1-28H. The van der Waals surface area contributed by atoms with Gasteiger partial charge in [-0.25, -0.2) is 9.97 Å². The van der Waals surface area contributed by atoms with Gasteiger partial charge in [0.1, 0.15) is 0 Å². The lowest BCUT2D eigenvalue weighted by molar-refractivity contribution is 1.18. The largest absolute Gasteiger partial charge is 0.252 e. The SMILES string of the molecule is c1ccc(-c2ccc(-c3nc(-c4ccc5c(c4)c4ccccc4c4nccnc54)cc(-c4ccc5c(c4)c4ccccc4c4nccnc54)n3)cc2)cc1. The van der Waals surface area contributed by atoms with Gasteiger partial charge in [-0.1, -0.05) is 127 Å². The van der Waals surface area contributed by atoms with Crippen LogP contribution in [-0.2, 0) is 0 Å². The minimum absolute atomic E-state index is 0.658. The van der Waals surface area contributed by atoms with Gasteiger partial charge in [0.05, 0.1) is 33.5 Å². The Morgan fingerprint density at radius 1 is 0.259 bits per heavy atom. The molecule has 0 aliphatic rings. The zero-order valence-electron chi connectivity index (χ0n) is 28.8. The molecule has 6 heteroatoms. The smallest absolute Gasteiger partial charge is 0.160 e. The molecule has 54 heavy (non-hydrogen) atoms. The number of hydrogen-bond acceptors (Lipinski definition) is 6. The molecule has 0 bridgehead atoms. The number of hydrogen-bond donors (Lipinski definition) is 0. The van der Waals surface area contributed by atoms with E-state index in [1.807, 2.05) is 6.07 Å². The topological polar surface area (TPSA) is 77.3 Å². The van der Waals surface area contributed by atoms with E-state index in [9.17, 15) is 0 Å². The summed E-state index contributed by atoms with van der Waals surface area (Å²) in [6, 6.07) is 50.9. The molecule has 0 spiro atoms. The molecular formula is C48H28N6. The molecule has 8 aromatic carbocycles. The van der Waals surface area contributed by atoms with E-state index in [2.05, 4.69) is 140 Å². The van der Waals surface area contributed by atoms with Crippen LogP contribution in [0.25, 0.3) is 110 Å². The van der Waals surface area contributed by atoms with Crippen LogP contribution in [0.4, 0.5) is 0 Å². The second kappa shape index (κ2) is 12.1. The fraction of sp³-hybridized carbons (Fsp3) is 0. The zero-order chi connectivity index (χ0) is 35.6. The highest BCUT2D eigenvalue weighted by Crippen LogP contribution is 2.38. The molecule has 0 saturated heterocycles. The van der Waals surface area contributed by atoms with Crippen LogP contribution >= 0.6 is 0 Å². The molecule has 0 unspecified atom stereocenters. The average molecular weight is 689 g/mol. The minimum Gasteiger partial charge on any atom is -0.252 e. The van der Waals surface area contributed by atoms with Crippen LogP contribution in [-0.4, -0.2) is 29.9 Å². The molecular weight excluding hydrogens is 661 g/mol. The molecule has 0 amide bonds. The van der Waals surface area contributed by atoms with E-state index in [0.29, 0.717) is 5.82 Å². The van der Waals surface area contributed by atoms with Crippen LogP contribution in [0.3, 0.4) is 0 Å². The fourth-order valence-corrected chi connectivity index (χ4v) is 7.89. The molecule has 250 valence electrons. The van der Waals surface area contributed by atoms with Crippen LogP contribution in [0.1, 0.15) is 0 Å². The first kappa shape index (κ1) is 30.2. The summed E-state index contributed by atoms with van der Waals surface area (Å²) in [5, 5.41) is 8.74. The molecule has 11 rings (SSSR count). The van der Waals surface area contributed by atoms with Crippen LogP contribution < -0.4 is 0 Å². The van der Waals surface area contributed by atoms with Gasteiger partial charge in [-0.05, 0) is 50.9 Å². The molecule has 0 fully saturated rings. The summed E-state index contributed by atoms with van der Waals surface area (Å²) >= 11 is 0. The zero-order valence-corrected chi connectivity index (χ0v) is 28.8. The third kappa shape index (κ3) is 4.81.